The van der Waals surface area contributed by atoms with Gasteiger partial charge in [-0.05, 0) is 19.9 Å². The smallest absolute Gasteiger partial charge is 0.265 e. The van der Waals surface area contributed by atoms with Gasteiger partial charge in [0.05, 0.1) is 6.33 Å². The first-order valence-corrected chi connectivity index (χ1v) is 8.51. The van der Waals surface area contributed by atoms with Gasteiger partial charge >= 0.3 is 0 Å². The molecule has 3 heterocycles. The summed E-state index contributed by atoms with van der Waals surface area (Å²) in [6, 6.07) is 1.61. The zero-order valence-electron chi connectivity index (χ0n) is 11.0. The van der Waals surface area contributed by atoms with Gasteiger partial charge in [0.25, 0.3) is 10.0 Å². The minimum Gasteiger partial charge on any atom is -0.341 e. The number of fused-ring (bicyclic) bond motifs is 1. The summed E-state index contributed by atoms with van der Waals surface area (Å²) in [5.74, 6) is -0.108. The van der Waals surface area contributed by atoms with E-state index in [1.807, 2.05) is 6.92 Å². The van der Waals surface area contributed by atoms with E-state index in [9.17, 15) is 8.42 Å². The van der Waals surface area contributed by atoms with Crippen molar-refractivity contribution in [3.05, 3.63) is 27.3 Å². The number of aromatic nitrogens is 4. The van der Waals surface area contributed by atoms with Gasteiger partial charge in [0.15, 0.2) is 10.8 Å². The maximum absolute atomic E-state index is 12.4. The van der Waals surface area contributed by atoms with E-state index in [1.54, 1.807) is 13.0 Å². The minimum atomic E-state index is -3.75. The van der Waals surface area contributed by atoms with Crippen LogP contribution in [0.15, 0.2) is 17.3 Å². The molecular formula is C11H10ClN5O2S2. The molecule has 3 rings (SSSR count). The molecule has 0 bridgehead atoms. The van der Waals surface area contributed by atoms with Gasteiger partial charge in [-0.1, -0.05) is 11.6 Å². The van der Waals surface area contributed by atoms with Crippen molar-refractivity contribution in [1.29, 1.82) is 0 Å². The van der Waals surface area contributed by atoms with Crippen molar-refractivity contribution < 1.29 is 8.42 Å². The second-order valence-corrected chi connectivity index (χ2v) is 7.79. The monoisotopic (exact) mass is 343 g/mol. The predicted molar refractivity (Wildman–Crippen MR) is 81.3 cm³/mol. The van der Waals surface area contributed by atoms with Gasteiger partial charge in [-0.25, -0.2) is 18.1 Å². The molecule has 0 spiro atoms. The molecule has 0 saturated heterocycles. The van der Waals surface area contributed by atoms with E-state index < -0.39 is 10.0 Å². The van der Waals surface area contributed by atoms with Crippen LogP contribution in [0.4, 0.5) is 5.95 Å². The summed E-state index contributed by atoms with van der Waals surface area (Å²) < 4.78 is 27.1. The molecule has 0 amide bonds. The normalized spacial score (nSPS) is 12.0. The Morgan fingerprint density at radius 3 is 2.76 bits per heavy atom. The molecule has 0 aliphatic rings. The Bertz CT molecular complexity index is 931. The highest BCUT2D eigenvalue weighted by atomic mass is 35.5. The molecule has 0 saturated carbocycles. The minimum absolute atomic E-state index is 0.105. The number of aryl methyl sites for hydroxylation is 2. The first-order chi connectivity index (χ1) is 9.87. The van der Waals surface area contributed by atoms with E-state index in [0.29, 0.717) is 16.0 Å². The lowest BCUT2D eigenvalue weighted by molar-refractivity contribution is 0.600. The molecular weight excluding hydrogens is 334 g/mol. The fourth-order valence-corrected chi connectivity index (χ4v) is 4.61. The Labute approximate surface area is 129 Å². The van der Waals surface area contributed by atoms with Crippen LogP contribution in [-0.4, -0.2) is 28.4 Å². The predicted octanol–water partition coefficient (Wildman–Crippen LogP) is 2.49. The highest BCUT2D eigenvalue weighted by Crippen LogP contribution is 2.27. The van der Waals surface area contributed by atoms with Gasteiger partial charge in [-0.2, -0.15) is 9.97 Å². The molecule has 0 aliphatic heterocycles. The van der Waals surface area contributed by atoms with Gasteiger partial charge < -0.3 is 4.98 Å². The van der Waals surface area contributed by atoms with E-state index in [1.165, 1.54) is 17.7 Å². The van der Waals surface area contributed by atoms with Crippen LogP contribution >= 0.6 is 22.9 Å². The second kappa shape index (κ2) is 4.93. The molecule has 0 radical (unpaired) electrons. The van der Waals surface area contributed by atoms with Crippen molar-refractivity contribution in [2.45, 2.75) is 18.7 Å². The molecule has 0 atom stereocenters. The second-order valence-electron chi connectivity index (χ2n) is 4.32. The molecule has 2 N–H and O–H groups in total. The molecule has 10 heteroatoms. The van der Waals surface area contributed by atoms with Crippen molar-refractivity contribution in [1.82, 2.24) is 19.9 Å². The maximum Gasteiger partial charge on any atom is 0.265 e. The summed E-state index contributed by atoms with van der Waals surface area (Å²) in [5, 5.41) is 0.105. The fraction of sp³-hybridized carbons (Fsp3) is 0.182. The lowest BCUT2D eigenvalue weighted by atomic mass is 10.4. The Morgan fingerprint density at radius 2 is 2.10 bits per heavy atom. The van der Waals surface area contributed by atoms with E-state index in [-0.39, 0.29) is 16.0 Å². The number of nitrogens with zero attached hydrogens (tertiary/aromatic N) is 3. The molecule has 3 aromatic heterocycles. The van der Waals surface area contributed by atoms with Crippen LogP contribution in [-0.2, 0) is 10.0 Å². The Hall–Kier alpha value is -1.71. The Balaban J connectivity index is 2.03. The lowest BCUT2D eigenvalue weighted by Gasteiger charge is -2.06. The molecule has 3 aromatic rings. The van der Waals surface area contributed by atoms with Crippen LogP contribution in [0.5, 0.6) is 0 Å². The van der Waals surface area contributed by atoms with Gasteiger partial charge in [0.2, 0.25) is 5.95 Å². The van der Waals surface area contributed by atoms with E-state index >= 15 is 0 Å². The average molecular weight is 344 g/mol. The number of anilines is 1. The number of halogens is 1. The standard InChI is InChI=1S/C11H10ClN5O2S2/c1-5-3-7(6(2)20-5)21(18,19)17-11-15-9(12)8-10(16-11)14-4-13-8/h3-4H,1-2H3,(H2,13,14,15,16,17). The van der Waals surface area contributed by atoms with Gasteiger partial charge in [0.1, 0.15) is 10.4 Å². The zero-order chi connectivity index (χ0) is 15.2. The molecule has 0 unspecified atom stereocenters. The lowest BCUT2D eigenvalue weighted by Crippen LogP contribution is -2.15. The zero-order valence-corrected chi connectivity index (χ0v) is 13.4. The molecule has 0 aromatic carbocycles. The number of nitrogens with one attached hydrogen (secondary N) is 2. The summed E-state index contributed by atoms with van der Waals surface area (Å²) in [6.07, 6.45) is 1.41. The number of thiophene rings is 1. The molecule has 21 heavy (non-hydrogen) atoms. The Kier molecular flexibility index (Phi) is 3.34. The van der Waals surface area contributed by atoms with Crippen LogP contribution in [0.2, 0.25) is 5.15 Å². The number of rotatable bonds is 3. The van der Waals surface area contributed by atoms with Crippen LogP contribution in [0.1, 0.15) is 9.75 Å². The first kappa shape index (κ1) is 14.2. The Morgan fingerprint density at radius 1 is 1.33 bits per heavy atom. The fourth-order valence-electron chi connectivity index (χ4n) is 1.89. The van der Waals surface area contributed by atoms with Crippen molar-refractivity contribution in [2.75, 3.05) is 4.72 Å². The van der Waals surface area contributed by atoms with Gasteiger partial charge in [-0.15, -0.1) is 11.3 Å². The van der Waals surface area contributed by atoms with Crippen molar-refractivity contribution >= 4 is 50.1 Å². The van der Waals surface area contributed by atoms with Gasteiger partial charge in [0, 0.05) is 9.75 Å². The molecule has 7 nitrogen and oxygen atoms in total. The third kappa shape index (κ3) is 2.59. The largest absolute Gasteiger partial charge is 0.341 e. The summed E-state index contributed by atoms with van der Waals surface area (Å²) in [6.45, 7) is 3.59. The topological polar surface area (TPSA) is 101 Å². The SMILES string of the molecule is Cc1cc(S(=O)(=O)Nc2nc(Cl)c3[nH]cnc3n2)c(C)s1. The molecule has 0 aliphatic carbocycles. The number of sulfonamides is 1. The molecule has 0 fully saturated rings. The van der Waals surface area contributed by atoms with Crippen LogP contribution in [0.3, 0.4) is 0 Å². The van der Waals surface area contributed by atoms with Crippen LogP contribution in [0, 0.1) is 13.8 Å². The molecule has 110 valence electrons. The summed E-state index contributed by atoms with van der Waals surface area (Å²) in [7, 11) is -3.75. The van der Waals surface area contributed by atoms with Crippen LogP contribution < -0.4 is 4.72 Å². The summed E-state index contributed by atoms with van der Waals surface area (Å²) in [4.78, 5) is 16.5. The number of aromatic amines is 1. The van der Waals surface area contributed by atoms with E-state index in [4.69, 9.17) is 11.6 Å². The van der Waals surface area contributed by atoms with Crippen molar-refractivity contribution in [3.8, 4) is 0 Å². The first-order valence-electron chi connectivity index (χ1n) is 5.83. The average Bonchev–Trinajstić information content (AvgIpc) is 2.95. The highest BCUT2D eigenvalue weighted by molar-refractivity contribution is 7.92. The summed E-state index contributed by atoms with van der Waals surface area (Å²) in [5.41, 5.74) is 0.757. The number of H-pyrrole nitrogens is 1. The van der Waals surface area contributed by atoms with Crippen molar-refractivity contribution in [3.63, 3.8) is 0 Å². The van der Waals surface area contributed by atoms with E-state index in [2.05, 4.69) is 24.7 Å². The quantitative estimate of drug-likeness (QED) is 0.711. The number of hydrogen-bond acceptors (Lipinski definition) is 6. The highest BCUT2D eigenvalue weighted by Gasteiger charge is 2.21. The van der Waals surface area contributed by atoms with Crippen molar-refractivity contribution in [2.24, 2.45) is 0 Å². The third-order valence-electron chi connectivity index (χ3n) is 2.75. The van der Waals surface area contributed by atoms with Gasteiger partial charge in [-0.3, -0.25) is 0 Å². The van der Waals surface area contributed by atoms with E-state index in [0.717, 1.165) is 4.88 Å². The summed E-state index contributed by atoms with van der Waals surface area (Å²) >= 11 is 7.37. The third-order valence-corrected chi connectivity index (χ3v) is 5.58. The number of imidazole rings is 1. The van der Waals surface area contributed by atoms with Crippen LogP contribution in [0.25, 0.3) is 11.2 Å². The number of hydrogen-bond donors (Lipinski definition) is 2. The maximum atomic E-state index is 12.4.